The molecule has 4 rings (SSSR count). The first-order valence-electron chi connectivity index (χ1n) is 12.9. The van der Waals surface area contributed by atoms with Crippen molar-refractivity contribution in [2.75, 3.05) is 24.5 Å². The number of piperidine rings is 1. The second-order valence-electron chi connectivity index (χ2n) is 10.0. The highest BCUT2D eigenvalue weighted by atomic mass is 35.5. The van der Waals surface area contributed by atoms with Crippen molar-refractivity contribution in [2.45, 2.75) is 63.4 Å². The molecule has 0 bridgehead atoms. The second-order valence-corrected chi connectivity index (χ2v) is 13.3. The number of aryl methyl sites for hydroxylation is 2. The van der Waals surface area contributed by atoms with Gasteiger partial charge in [0.25, 0.3) is 10.0 Å². The molecule has 1 aliphatic rings. The Morgan fingerprint density at radius 3 is 2.45 bits per heavy atom. The summed E-state index contributed by atoms with van der Waals surface area (Å²) in [5.41, 5.74) is 3.38. The van der Waals surface area contributed by atoms with Crippen LogP contribution in [-0.2, 0) is 16.6 Å². The second kappa shape index (κ2) is 15.9. The molecule has 2 heterocycles. The zero-order chi connectivity index (χ0) is 26.6. The molecule has 0 spiro atoms. The zero-order valence-electron chi connectivity index (χ0n) is 23.6. The Kier molecular flexibility index (Phi) is 14.4. The number of hydrogen-bond acceptors (Lipinski definition) is 7. The molecule has 2 aromatic carbocycles. The van der Waals surface area contributed by atoms with Crippen molar-refractivity contribution in [3.63, 3.8) is 0 Å². The van der Waals surface area contributed by atoms with Crippen LogP contribution in [0.25, 0.3) is 0 Å². The topological polar surface area (TPSA) is 115 Å². The fraction of sp³-hybridized carbons (Fsp3) is 0.464. The number of benzene rings is 2. The van der Waals surface area contributed by atoms with E-state index in [-0.39, 0.29) is 48.3 Å². The number of methoxy groups -OCH3 is 1. The lowest BCUT2D eigenvalue weighted by molar-refractivity contribution is 0.303. The number of halogens is 2. The molecule has 8 nitrogen and oxygen atoms in total. The zero-order valence-corrected chi connectivity index (χ0v) is 26.9. The molecule has 2 atom stereocenters. The number of aromatic nitrogens is 1. The minimum Gasteiger partial charge on any atom is -0.496 e. The monoisotopic (exact) mass is 632 g/mol. The molecular formula is C28H42Cl2N4O4S2. The number of hydrogen-bond donors (Lipinski definition) is 2. The van der Waals surface area contributed by atoms with Crippen molar-refractivity contribution in [3.8, 4) is 5.75 Å². The minimum absolute atomic E-state index is 0. The molecule has 2 unspecified atom stereocenters. The van der Waals surface area contributed by atoms with Gasteiger partial charge < -0.3 is 20.8 Å². The number of sulfonamides is 1. The van der Waals surface area contributed by atoms with E-state index in [1.54, 1.807) is 14.0 Å². The largest absolute Gasteiger partial charge is 0.496 e. The minimum atomic E-state index is -3.76. The summed E-state index contributed by atoms with van der Waals surface area (Å²) in [5, 5.41) is 8.14. The standard InChI is InChI=1S/C28H38N4O3S2.2ClH.H2O/c1-19(2)18-32(37(33,34)28-20(3)31-21(4)36-28)24-13-14-26(35-5)23(16-24)17-30-25-12-9-15-29-27(25)22-10-7-6-8-11-22;;;/h6-8,10-11,13-14,16,19,25,27,29-30H,9,12,15,17-18H2,1-5H3;2*1H;1H2. The molecular weight excluding hydrogens is 591 g/mol. The van der Waals surface area contributed by atoms with Gasteiger partial charge in [0.05, 0.1) is 23.5 Å². The molecule has 40 heavy (non-hydrogen) atoms. The van der Waals surface area contributed by atoms with E-state index >= 15 is 0 Å². The predicted molar refractivity (Wildman–Crippen MR) is 169 cm³/mol. The van der Waals surface area contributed by atoms with Crippen LogP contribution in [0.5, 0.6) is 5.75 Å². The maximum absolute atomic E-state index is 13.8. The van der Waals surface area contributed by atoms with Crippen LogP contribution in [0, 0.1) is 19.8 Å². The van der Waals surface area contributed by atoms with Gasteiger partial charge in [0.2, 0.25) is 0 Å². The highest BCUT2D eigenvalue weighted by Crippen LogP contribution is 2.33. The molecule has 12 heteroatoms. The molecule has 0 radical (unpaired) electrons. The van der Waals surface area contributed by atoms with E-state index in [0.29, 0.717) is 28.7 Å². The lowest BCUT2D eigenvalue weighted by atomic mass is 9.92. The van der Waals surface area contributed by atoms with Crippen molar-refractivity contribution in [1.29, 1.82) is 0 Å². The fourth-order valence-corrected chi connectivity index (χ4v) is 8.15. The first-order valence-corrected chi connectivity index (χ1v) is 15.1. The van der Waals surface area contributed by atoms with Gasteiger partial charge in [-0.3, -0.25) is 4.31 Å². The van der Waals surface area contributed by atoms with Crippen LogP contribution >= 0.6 is 36.2 Å². The SMILES string of the molecule is COc1ccc(N(CC(C)C)S(=O)(=O)c2sc(C)nc2C)cc1CNC1CCCNC1c1ccccc1.Cl.Cl.O. The smallest absolute Gasteiger partial charge is 0.275 e. The maximum atomic E-state index is 13.8. The summed E-state index contributed by atoms with van der Waals surface area (Å²) in [6.45, 7) is 9.59. The first kappa shape index (κ1) is 36.1. The summed E-state index contributed by atoms with van der Waals surface area (Å²) >= 11 is 1.23. The predicted octanol–water partition coefficient (Wildman–Crippen LogP) is 5.22. The Morgan fingerprint density at radius 1 is 1.15 bits per heavy atom. The molecule has 1 saturated heterocycles. The molecule has 0 aliphatic carbocycles. The number of ether oxygens (including phenoxy) is 1. The molecule has 1 fully saturated rings. The number of nitrogens with one attached hydrogen (secondary N) is 2. The van der Waals surface area contributed by atoms with Gasteiger partial charge >= 0.3 is 0 Å². The molecule has 4 N–H and O–H groups in total. The van der Waals surface area contributed by atoms with Crippen molar-refractivity contribution >= 4 is 51.9 Å². The Morgan fingerprint density at radius 2 is 1.85 bits per heavy atom. The van der Waals surface area contributed by atoms with Gasteiger partial charge in [-0.2, -0.15) is 0 Å². The van der Waals surface area contributed by atoms with Gasteiger partial charge in [0, 0.05) is 30.7 Å². The number of anilines is 1. The first-order chi connectivity index (χ1) is 17.7. The molecule has 224 valence electrons. The van der Waals surface area contributed by atoms with Crippen LogP contribution in [0.1, 0.15) is 54.6 Å². The average Bonchev–Trinajstić information content (AvgIpc) is 3.25. The summed E-state index contributed by atoms with van der Waals surface area (Å²) < 4.78 is 35.1. The average molecular weight is 634 g/mol. The van der Waals surface area contributed by atoms with Crippen molar-refractivity contribution in [3.05, 3.63) is 70.4 Å². The van der Waals surface area contributed by atoms with Crippen LogP contribution in [0.3, 0.4) is 0 Å². The molecule has 0 amide bonds. The number of rotatable bonds is 10. The van der Waals surface area contributed by atoms with E-state index in [1.165, 1.54) is 21.2 Å². The van der Waals surface area contributed by atoms with Gasteiger partial charge in [0.1, 0.15) is 5.75 Å². The lowest BCUT2D eigenvalue weighted by Crippen LogP contribution is -2.45. The Hall–Kier alpha value is -1.92. The summed E-state index contributed by atoms with van der Waals surface area (Å²) in [7, 11) is -2.11. The van der Waals surface area contributed by atoms with E-state index in [0.717, 1.165) is 35.7 Å². The van der Waals surface area contributed by atoms with Crippen LogP contribution in [0.15, 0.2) is 52.7 Å². The van der Waals surface area contributed by atoms with E-state index in [2.05, 4.69) is 39.9 Å². The Labute approximate surface area is 255 Å². The van der Waals surface area contributed by atoms with E-state index < -0.39 is 10.0 Å². The summed E-state index contributed by atoms with van der Waals surface area (Å²) in [6, 6.07) is 16.6. The van der Waals surface area contributed by atoms with Gasteiger partial charge in [-0.1, -0.05) is 44.2 Å². The van der Waals surface area contributed by atoms with Crippen LogP contribution in [0.4, 0.5) is 5.69 Å². The quantitative estimate of drug-likeness (QED) is 0.317. The highest BCUT2D eigenvalue weighted by Gasteiger charge is 2.31. The van der Waals surface area contributed by atoms with E-state index in [4.69, 9.17) is 4.74 Å². The third-order valence-electron chi connectivity index (χ3n) is 6.64. The fourth-order valence-electron chi connectivity index (χ4n) is 4.94. The van der Waals surface area contributed by atoms with Crippen LogP contribution in [-0.4, -0.2) is 45.1 Å². The normalized spacial score (nSPS) is 16.9. The Bertz CT molecular complexity index is 1310. The van der Waals surface area contributed by atoms with E-state index in [1.807, 2.05) is 45.0 Å². The maximum Gasteiger partial charge on any atom is 0.275 e. The van der Waals surface area contributed by atoms with Crippen LogP contribution < -0.4 is 19.7 Å². The third kappa shape index (κ3) is 8.31. The summed E-state index contributed by atoms with van der Waals surface area (Å²) in [5.74, 6) is 0.885. The van der Waals surface area contributed by atoms with Gasteiger partial charge in [-0.15, -0.1) is 36.2 Å². The van der Waals surface area contributed by atoms with Crippen molar-refractivity contribution < 1.29 is 18.6 Å². The van der Waals surface area contributed by atoms with Gasteiger partial charge in [0.15, 0.2) is 4.21 Å². The van der Waals surface area contributed by atoms with Gasteiger partial charge in [-0.05, 0) is 62.9 Å². The summed E-state index contributed by atoms with van der Waals surface area (Å²) in [6.07, 6.45) is 2.17. The van der Waals surface area contributed by atoms with Crippen LogP contribution in [0.2, 0.25) is 0 Å². The molecule has 0 saturated carbocycles. The number of thiazole rings is 1. The highest BCUT2D eigenvalue weighted by molar-refractivity contribution is 7.94. The molecule has 1 aromatic heterocycles. The molecule has 3 aromatic rings. The van der Waals surface area contributed by atoms with Gasteiger partial charge in [-0.25, -0.2) is 13.4 Å². The number of nitrogens with zero attached hydrogens (tertiary/aromatic N) is 2. The van der Waals surface area contributed by atoms with E-state index in [9.17, 15) is 8.42 Å². The third-order valence-corrected chi connectivity index (χ3v) is 10.1. The Balaban J connectivity index is 0.00000267. The molecule has 1 aliphatic heterocycles. The summed E-state index contributed by atoms with van der Waals surface area (Å²) in [4.78, 5) is 4.37. The lowest BCUT2D eigenvalue weighted by Gasteiger charge is -2.34. The van der Waals surface area contributed by atoms with Crippen molar-refractivity contribution in [1.82, 2.24) is 15.6 Å². The van der Waals surface area contributed by atoms with Crippen molar-refractivity contribution in [2.24, 2.45) is 5.92 Å².